The Kier molecular flexibility index (Phi) is 4.27. The van der Waals surface area contributed by atoms with Crippen LogP contribution in [-0.2, 0) is 6.61 Å². The summed E-state index contributed by atoms with van der Waals surface area (Å²) in [5.41, 5.74) is 2.93. The van der Waals surface area contributed by atoms with Gasteiger partial charge in [0.2, 0.25) is 0 Å². The maximum Gasteiger partial charge on any atom is 0.157 e. The van der Waals surface area contributed by atoms with E-state index in [0.717, 1.165) is 28.3 Å². The highest BCUT2D eigenvalue weighted by Gasteiger charge is 2.10. The number of nitrogens with zero attached hydrogens (tertiary/aromatic N) is 3. The van der Waals surface area contributed by atoms with Gasteiger partial charge in [0.1, 0.15) is 12.4 Å². The molecule has 5 nitrogen and oxygen atoms in total. The average Bonchev–Trinajstić information content (AvgIpc) is 2.87. The predicted octanol–water partition coefficient (Wildman–Crippen LogP) is 3.06. The summed E-state index contributed by atoms with van der Waals surface area (Å²) in [6, 6.07) is 0.326. The summed E-state index contributed by atoms with van der Waals surface area (Å²) < 4.78 is 13.0. The van der Waals surface area contributed by atoms with Crippen LogP contribution >= 0.6 is 0 Å². The molecule has 2 aromatic rings. The number of pyridine rings is 1. The molecule has 2 rings (SSSR count). The maximum absolute atomic E-state index is 5.74. The number of methoxy groups -OCH3 is 1. The van der Waals surface area contributed by atoms with E-state index in [2.05, 4.69) is 23.9 Å². The number of aryl methyl sites for hydroxylation is 1. The van der Waals surface area contributed by atoms with E-state index in [1.807, 2.05) is 30.9 Å². The summed E-state index contributed by atoms with van der Waals surface area (Å²) in [4.78, 5) is 4.41. The van der Waals surface area contributed by atoms with Crippen LogP contribution in [0.3, 0.4) is 0 Å². The van der Waals surface area contributed by atoms with Crippen molar-refractivity contribution >= 4 is 0 Å². The Labute approximate surface area is 119 Å². The number of ether oxygens (including phenoxy) is 2. The third-order valence-electron chi connectivity index (χ3n) is 3.23. The van der Waals surface area contributed by atoms with Gasteiger partial charge in [0, 0.05) is 23.4 Å². The second-order valence-electron chi connectivity index (χ2n) is 5.08. The molecule has 0 aliphatic carbocycles. The monoisotopic (exact) mass is 275 g/mol. The number of rotatable bonds is 5. The molecule has 0 unspecified atom stereocenters. The van der Waals surface area contributed by atoms with Gasteiger partial charge in [-0.25, -0.2) is 0 Å². The molecule has 2 aromatic heterocycles. The Hall–Kier alpha value is -2.04. The lowest BCUT2D eigenvalue weighted by atomic mass is 10.1. The summed E-state index contributed by atoms with van der Waals surface area (Å²) in [5.74, 6) is 1.62. The normalized spacial score (nSPS) is 10.9. The zero-order chi connectivity index (χ0) is 14.7. The molecule has 0 N–H and O–H groups in total. The van der Waals surface area contributed by atoms with Crippen LogP contribution in [0.5, 0.6) is 11.5 Å². The first-order valence-corrected chi connectivity index (χ1v) is 6.69. The first kappa shape index (κ1) is 14.4. The van der Waals surface area contributed by atoms with Crippen molar-refractivity contribution in [3.8, 4) is 11.5 Å². The van der Waals surface area contributed by atoms with Gasteiger partial charge in [-0.15, -0.1) is 0 Å². The van der Waals surface area contributed by atoms with Gasteiger partial charge in [0.25, 0.3) is 0 Å². The van der Waals surface area contributed by atoms with Crippen LogP contribution in [0.4, 0.5) is 0 Å². The lowest BCUT2D eigenvalue weighted by Crippen LogP contribution is -2.04. The Morgan fingerprint density at radius 3 is 2.60 bits per heavy atom. The third-order valence-corrected chi connectivity index (χ3v) is 3.23. The highest BCUT2D eigenvalue weighted by Crippen LogP contribution is 2.24. The molecule has 0 saturated heterocycles. The standard InChI is InChI=1S/C15H21N3O2/c1-10(2)18-8-13(7-17-18)20-9-14-12(4)15(19-5)11(3)6-16-14/h6-8,10H,9H2,1-5H3. The molecular weight excluding hydrogens is 254 g/mol. The Balaban J connectivity index is 2.10. The van der Waals surface area contributed by atoms with E-state index in [-0.39, 0.29) is 0 Å². The van der Waals surface area contributed by atoms with E-state index in [4.69, 9.17) is 9.47 Å². The van der Waals surface area contributed by atoms with Crippen molar-refractivity contribution in [2.75, 3.05) is 7.11 Å². The van der Waals surface area contributed by atoms with E-state index in [1.165, 1.54) is 0 Å². The Morgan fingerprint density at radius 2 is 2.00 bits per heavy atom. The maximum atomic E-state index is 5.74. The Bertz CT molecular complexity index is 591. The van der Waals surface area contributed by atoms with E-state index < -0.39 is 0 Å². The summed E-state index contributed by atoms with van der Waals surface area (Å²) in [6.45, 7) is 8.54. The lowest BCUT2D eigenvalue weighted by molar-refractivity contribution is 0.298. The second kappa shape index (κ2) is 5.94. The van der Waals surface area contributed by atoms with Gasteiger partial charge in [0.15, 0.2) is 5.75 Å². The quantitative estimate of drug-likeness (QED) is 0.841. The molecule has 20 heavy (non-hydrogen) atoms. The lowest BCUT2D eigenvalue weighted by Gasteiger charge is -2.12. The fourth-order valence-corrected chi connectivity index (χ4v) is 2.05. The van der Waals surface area contributed by atoms with Crippen molar-refractivity contribution in [1.29, 1.82) is 0 Å². The minimum Gasteiger partial charge on any atom is -0.496 e. The average molecular weight is 275 g/mol. The zero-order valence-corrected chi connectivity index (χ0v) is 12.7. The summed E-state index contributed by atoms with van der Waals surface area (Å²) in [7, 11) is 1.67. The van der Waals surface area contributed by atoms with Crippen molar-refractivity contribution < 1.29 is 9.47 Å². The largest absolute Gasteiger partial charge is 0.496 e. The minimum absolute atomic E-state index is 0.326. The van der Waals surface area contributed by atoms with Crippen molar-refractivity contribution in [3.05, 3.63) is 35.4 Å². The number of hydrogen-bond acceptors (Lipinski definition) is 4. The molecule has 5 heteroatoms. The first-order chi connectivity index (χ1) is 9.52. The SMILES string of the molecule is COc1c(C)cnc(COc2cnn(C(C)C)c2)c1C. The van der Waals surface area contributed by atoms with Gasteiger partial charge in [0.05, 0.1) is 25.2 Å². The number of hydrogen-bond donors (Lipinski definition) is 0. The Morgan fingerprint density at radius 1 is 1.25 bits per heavy atom. The zero-order valence-electron chi connectivity index (χ0n) is 12.7. The van der Waals surface area contributed by atoms with Gasteiger partial charge in [-0.2, -0.15) is 5.10 Å². The molecule has 0 atom stereocenters. The predicted molar refractivity (Wildman–Crippen MR) is 77.2 cm³/mol. The van der Waals surface area contributed by atoms with Crippen molar-refractivity contribution in [3.63, 3.8) is 0 Å². The molecule has 0 spiro atoms. The van der Waals surface area contributed by atoms with Crippen LogP contribution in [0.15, 0.2) is 18.6 Å². The highest BCUT2D eigenvalue weighted by molar-refractivity contribution is 5.40. The molecule has 0 radical (unpaired) electrons. The van der Waals surface area contributed by atoms with E-state index >= 15 is 0 Å². The van der Waals surface area contributed by atoms with E-state index in [9.17, 15) is 0 Å². The molecule has 0 bridgehead atoms. The molecule has 0 fully saturated rings. The molecule has 0 aliphatic heterocycles. The van der Waals surface area contributed by atoms with Gasteiger partial charge in [-0.3, -0.25) is 9.67 Å². The summed E-state index contributed by atoms with van der Waals surface area (Å²) in [6.07, 6.45) is 5.42. The van der Waals surface area contributed by atoms with Crippen molar-refractivity contribution in [1.82, 2.24) is 14.8 Å². The van der Waals surface area contributed by atoms with Crippen LogP contribution in [0.2, 0.25) is 0 Å². The molecular formula is C15H21N3O2. The fraction of sp³-hybridized carbons (Fsp3) is 0.467. The second-order valence-corrected chi connectivity index (χ2v) is 5.08. The van der Waals surface area contributed by atoms with Gasteiger partial charge in [-0.1, -0.05) is 0 Å². The van der Waals surface area contributed by atoms with Gasteiger partial charge >= 0.3 is 0 Å². The van der Waals surface area contributed by atoms with Gasteiger partial charge < -0.3 is 9.47 Å². The minimum atomic E-state index is 0.326. The first-order valence-electron chi connectivity index (χ1n) is 6.69. The molecule has 0 saturated carbocycles. The van der Waals surface area contributed by atoms with Crippen molar-refractivity contribution in [2.24, 2.45) is 0 Å². The van der Waals surface area contributed by atoms with Crippen LogP contribution in [0, 0.1) is 13.8 Å². The number of aromatic nitrogens is 3. The van der Waals surface area contributed by atoms with Crippen molar-refractivity contribution in [2.45, 2.75) is 40.3 Å². The molecule has 0 aromatic carbocycles. The summed E-state index contributed by atoms with van der Waals surface area (Å²) in [5, 5.41) is 4.24. The molecule has 0 amide bonds. The highest BCUT2D eigenvalue weighted by atomic mass is 16.5. The van der Waals surface area contributed by atoms with Crippen LogP contribution < -0.4 is 9.47 Å². The smallest absolute Gasteiger partial charge is 0.157 e. The topological polar surface area (TPSA) is 49.2 Å². The third kappa shape index (κ3) is 2.92. The molecule has 2 heterocycles. The van der Waals surface area contributed by atoms with Gasteiger partial charge in [-0.05, 0) is 27.7 Å². The molecule has 0 aliphatic rings. The molecule has 108 valence electrons. The fourth-order valence-electron chi connectivity index (χ4n) is 2.05. The van der Waals surface area contributed by atoms with E-state index in [1.54, 1.807) is 13.3 Å². The van der Waals surface area contributed by atoms with Crippen LogP contribution in [-0.4, -0.2) is 21.9 Å². The van der Waals surface area contributed by atoms with E-state index in [0.29, 0.717) is 12.6 Å². The summed E-state index contributed by atoms with van der Waals surface area (Å²) >= 11 is 0. The van der Waals surface area contributed by atoms with Crippen LogP contribution in [0.1, 0.15) is 36.7 Å². The van der Waals surface area contributed by atoms with Crippen LogP contribution in [0.25, 0.3) is 0 Å².